The molecule has 0 aliphatic carbocycles. The van der Waals surface area contributed by atoms with Crippen molar-refractivity contribution in [2.24, 2.45) is 11.1 Å². The van der Waals surface area contributed by atoms with Gasteiger partial charge in [-0.1, -0.05) is 20.8 Å². The predicted octanol–water partition coefficient (Wildman–Crippen LogP) is 2.39. The van der Waals surface area contributed by atoms with Crippen LogP contribution in [0, 0.1) is 5.41 Å². The van der Waals surface area contributed by atoms with Crippen molar-refractivity contribution in [2.75, 3.05) is 0 Å². The maximum absolute atomic E-state index is 11.9. The highest BCUT2D eigenvalue weighted by Crippen LogP contribution is 2.24. The highest BCUT2D eigenvalue weighted by atomic mass is 32.1. The van der Waals surface area contributed by atoms with E-state index in [-0.39, 0.29) is 11.3 Å². The second-order valence-electron chi connectivity index (χ2n) is 5.68. The Kier molecular flexibility index (Phi) is 4.25. The van der Waals surface area contributed by atoms with Crippen molar-refractivity contribution in [3.8, 4) is 10.8 Å². The minimum Gasteiger partial charge on any atom is -0.462 e. The van der Waals surface area contributed by atoms with E-state index in [9.17, 15) is 4.79 Å². The molecule has 0 saturated carbocycles. The Labute approximate surface area is 122 Å². The number of amides is 1. The minimum absolute atomic E-state index is 0.162. The van der Waals surface area contributed by atoms with E-state index in [0.29, 0.717) is 6.54 Å². The van der Waals surface area contributed by atoms with Gasteiger partial charge in [0.1, 0.15) is 0 Å². The molecule has 0 radical (unpaired) electrons. The SMILES string of the molecule is CC(C)(C)[C@H](N)C(=O)NCc1csc(-c2ccco2)n1. The van der Waals surface area contributed by atoms with Crippen LogP contribution in [0.1, 0.15) is 26.5 Å². The quantitative estimate of drug-likeness (QED) is 0.907. The van der Waals surface area contributed by atoms with E-state index in [1.165, 1.54) is 11.3 Å². The Bertz CT molecular complexity index is 570. The monoisotopic (exact) mass is 293 g/mol. The molecule has 0 aliphatic heterocycles. The zero-order chi connectivity index (χ0) is 14.8. The van der Waals surface area contributed by atoms with E-state index in [4.69, 9.17) is 10.2 Å². The van der Waals surface area contributed by atoms with Gasteiger partial charge in [-0.05, 0) is 17.5 Å². The van der Waals surface area contributed by atoms with Crippen LogP contribution < -0.4 is 11.1 Å². The van der Waals surface area contributed by atoms with Gasteiger partial charge >= 0.3 is 0 Å². The summed E-state index contributed by atoms with van der Waals surface area (Å²) >= 11 is 1.49. The van der Waals surface area contributed by atoms with Crippen molar-refractivity contribution in [1.82, 2.24) is 10.3 Å². The number of nitrogens with zero attached hydrogens (tertiary/aromatic N) is 1. The fourth-order valence-corrected chi connectivity index (χ4v) is 2.37. The summed E-state index contributed by atoms with van der Waals surface area (Å²) in [5.41, 5.74) is 6.44. The topological polar surface area (TPSA) is 81.2 Å². The molecule has 0 fully saturated rings. The van der Waals surface area contributed by atoms with Gasteiger partial charge in [-0.2, -0.15) is 0 Å². The molecule has 0 aliphatic rings. The molecule has 1 amide bonds. The smallest absolute Gasteiger partial charge is 0.237 e. The molecule has 2 aromatic heterocycles. The molecule has 6 heteroatoms. The number of furan rings is 1. The number of thiazole rings is 1. The lowest BCUT2D eigenvalue weighted by atomic mass is 9.87. The summed E-state index contributed by atoms with van der Waals surface area (Å²) in [6, 6.07) is 3.14. The summed E-state index contributed by atoms with van der Waals surface area (Å²) in [4.78, 5) is 16.3. The van der Waals surface area contributed by atoms with Crippen LogP contribution >= 0.6 is 11.3 Å². The van der Waals surface area contributed by atoms with Gasteiger partial charge in [0.25, 0.3) is 0 Å². The van der Waals surface area contributed by atoms with E-state index in [1.54, 1.807) is 6.26 Å². The maximum Gasteiger partial charge on any atom is 0.237 e. The third kappa shape index (κ3) is 3.46. The highest BCUT2D eigenvalue weighted by Gasteiger charge is 2.27. The molecule has 3 N–H and O–H groups in total. The van der Waals surface area contributed by atoms with Gasteiger partial charge in [0, 0.05) is 5.38 Å². The van der Waals surface area contributed by atoms with E-state index in [1.807, 2.05) is 38.3 Å². The number of rotatable bonds is 4. The van der Waals surface area contributed by atoms with Crippen molar-refractivity contribution < 1.29 is 9.21 Å². The molecular formula is C14H19N3O2S. The number of hydrogen-bond acceptors (Lipinski definition) is 5. The van der Waals surface area contributed by atoms with E-state index >= 15 is 0 Å². The summed E-state index contributed by atoms with van der Waals surface area (Å²) in [5, 5.41) is 5.52. The van der Waals surface area contributed by atoms with Gasteiger partial charge in [0.05, 0.1) is 24.5 Å². The molecule has 20 heavy (non-hydrogen) atoms. The summed E-state index contributed by atoms with van der Waals surface area (Å²) in [6.07, 6.45) is 1.61. The molecule has 1 atom stereocenters. The number of aromatic nitrogens is 1. The average molecular weight is 293 g/mol. The van der Waals surface area contributed by atoms with E-state index < -0.39 is 6.04 Å². The van der Waals surface area contributed by atoms with Gasteiger partial charge in [0.15, 0.2) is 10.8 Å². The van der Waals surface area contributed by atoms with Crippen LogP contribution in [0.5, 0.6) is 0 Å². The van der Waals surface area contributed by atoms with Crippen LogP contribution in [0.4, 0.5) is 0 Å². The number of carbonyl (C=O) groups excluding carboxylic acids is 1. The molecule has 0 unspecified atom stereocenters. The first-order valence-corrected chi connectivity index (χ1v) is 7.27. The summed E-state index contributed by atoms with van der Waals surface area (Å²) in [6.45, 7) is 6.19. The van der Waals surface area contributed by atoms with Crippen molar-refractivity contribution >= 4 is 17.2 Å². The zero-order valence-electron chi connectivity index (χ0n) is 11.8. The molecule has 2 heterocycles. The summed E-state index contributed by atoms with van der Waals surface area (Å²) < 4.78 is 5.28. The fourth-order valence-electron chi connectivity index (χ4n) is 1.58. The summed E-state index contributed by atoms with van der Waals surface area (Å²) in [7, 11) is 0. The number of carbonyl (C=O) groups is 1. The third-order valence-electron chi connectivity index (χ3n) is 2.94. The Morgan fingerprint density at radius 1 is 1.55 bits per heavy atom. The van der Waals surface area contributed by atoms with Crippen molar-refractivity contribution in [3.63, 3.8) is 0 Å². The predicted molar refractivity (Wildman–Crippen MR) is 79.1 cm³/mol. The number of hydrogen-bond donors (Lipinski definition) is 2. The van der Waals surface area contributed by atoms with Crippen LogP contribution in [-0.2, 0) is 11.3 Å². The second kappa shape index (κ2) is 5.76. The molecule has 5 nitrogen and oxygen atoms in total. The molecule has 2 aromatic rings. The van der Waals surface area contributed by atoms with Crippen LogP contribution in [0.3, 0.4) is 0 Å². The highest BCUT2D eigenvalue weighted by molar-refractivity contribution is 7.13. The second-order valence-corrected chi connectivity index (χ2v) is 6.54. The molecule has 0 spiro atoms. The van der Waals surface area contributed by atoms with Crippen molar-refractivity contribution in [2.45, 2.75) is 33.4 Å². The standard InChI is InChI=1S/C14H19N3O2S/c1-14(2,3)11(15)12(18)16-7-9-8-20-13(17-9)10-5-4-6-19-10/h4-6,8,11H,7,15H2,1-3H3,(H,16,18)/t11-/m1/s1. The van der Waals surface area contributed by atoms with Crippen LogP contribution in [-0.4, -0.2) is 16.9 Å². The molecular weight excluding hydrogens is 274 g/mol. The van der Waals surface area contributed by atoms with E-state index in [2.05, 4.69) is 10.3 Å². The zero-order valence-corrected chi connectivity index (χ0v) is 12.7. The Balaban J connectivity index is 1.94. The van der Waals surface area contributed by atoms with Gasteiger partial charge in [-0.3, -0.25) is 4.79 Å². The first kappa shape index (κ1) is 14.7. The molecule has 0 aromatic carbocycles. The molecule has 0 bridgehead atoms. The molecule has 108 valence electrons. The van der Waals surface area contributed by atoms with Crippen LogP contribution in [0.15, 0.2) is 28.2 Å². The maximum atomic E-state index is 11.9. The normalized spacial score (nSPS) is 13.2. The lowest BCUT2D eigenvalue weighted by molar-refractivity contribution is -0.124. The minimum atomic E-state index is -0.536. The lowest BCUT2D eigenvalue weighted by Gasteiger charge is -2.25. The van der Waals surface area contributed by atoms with Gasteiger partial charge < -0.3 is 15.5 Å². The van der Waals surface area contributed by atoms with Gasteiger partial charge in [0.2, 0.25) is 5.91 Å². The summed E-state index contributed by atoms with van der Waals surface area (Å²) in [5.74, 6) is 0.573. The van der Waals surface area contributed by atoms with E-state index in [0.717, 1.165) is 16.5 Å². The first-order valence-electron chi connectivity index (χ1n) is 6.39. The Morgan fingerprint density at radius 2 is 2.30 bits per heavy atom. The van der Waals surface area contributed by atoms with Crippen molar-refractivity contribution in [3.05, 3.63) is 29.5 Å². The molecule has 0 saturated heterocycles. The third-order valence-corrected chi connectivity index (χ3v) is 3.85. The van der Waals surface area contributed by atoms with Gasteiger partial charge in [-0.15, -0.1) is 11.3 Å². The Hall–Kier alpha value is -1.66. The fraction of sp³-hybridized carbons (Fsp3) is 0.429. The Morgan fingerprint density at radius 3 is 2.90 bits per heavy atom. The molecule has 2 rings (SSSR count). The van der Waals surface area contributed by atoms with Crippen molar-refractivity contribution in [1.29, 1.82) is 0 Å². The lowest BCUT2D eigenvalue weighted by Crippen LogP contribution is -2.48. The largest absolute Gasteiger partial charge is 0.462 e. The van der Waals surface area contributed by atoms with Crippen LogP contribution in [0.2, 0.25) is 0 Å². The van der Waals surface area contributed by atoms with Gasteiger partial charge in [-0.25, -0.2) is 4.98 Å². The van der Waals surface area contributed by atoms with Crippen LogP contribution in [0.25, 0.3) is 10.8 Å². The first-order chi connectivity index (χ1) is 9.38. The number of nitrogens with one attached hydrogen (secondary N) is 1. The average Bonchev–Trinajstić information content (AvgIpc) is 3.04. The number of nitrogens with two attached hydrogens (primary N) is 1.